The highest BCUT2D eigenvalue weighted by Gasteiger charge is 2.63. The van der Waals surface area contributed by atoms with Crippen molar-refractivity contribution >= 4 is 95.8 Å². The molecule has 1 saturated heterocycles. The molecule has 3 heterocycles. The molecular weight excluding hydrogens is 460 g/mol. The molecule has 0 aliphatic carbocycles. The summed E-state index contributed by atoms with van der Waals surface area (Å²) in [7, 11) is 61.8. The standard InChI is InChI=1S/C18H9B10F2N7/c19-14(20)15(21,22)17(25,26)37(18(27,28)16(14,23)24)10-4-8(12(29)30)3-9(5-10)34-13-33-7-36(35-13)11-6-31-1-2-32-11/h1-7,12H,(H,34,35). The van der Waals surface area contributed by atoms with E-state index in [0.717, 1.165) is 17.0 Å². The first-order valence-electron chi connectivity index (χ1n) is 10.5. The van der Waals surface area contributed by atoms with Crippen LogP contribution in [0.3, 0.4) is 0 Å². The van der Waals surface area contributed by atoms with Crippen LogP contribution < -0.4 is 10.2 Å². The number of halogens is 2. The second-order valence-electron chi connectivity index (χ2n) is 8.91. The van der Waals surface area contributed by atoms with Crippen molar-refractivity contribution in [3.05, 3.63) is 48.7 Å². The van der Waals surface area contributed by atoms with Crippen molar-refractivity contribution in [3.63, 3.8) is 0 Å². The molecule has 1 aliphatic heterocycles. The van der Waals surface area contributed by atoms with Gasteiger partial charge in [-0.3, -0.25) is 4.98 Å². The van der Waals surface area contributed by atoms with Gasteiger partial charge in [0.05, 0.1) is 84.7 Å². The van der Waals surface area contributed by atoms with Gasteiger partial charge in [0.1, 0.15) is 6.33 Å². The summed E-state index contributed by atoms with van der Waals surface area (Å²) >= 11 is 0. The molecular formula is C18H9B10F2N7. The molecule has 4 rings (SSSR count). The SMILES string of the molecule is [B]C1([B])N(c2cc(Nc3ncn(-c4cnccn4)n3)cc(C(F)F)c2)C([B])([B])C([B])([B])C([B])([B])C1([B])[B]. The number of rotatable bonds is 5. The topological polar surface area (TPSA) is 71.8 Å². The number of aromatic nitrogens is 5. The smallest absolute Gasteiger partial charge is 0.263 e. The van der Waals surface area contributed by atoms with Crippen molar-refractivity contribution in [3.8, 4) is 5.82 Å². The molecule has 0 saturated carbocycles. The number of alkyl halides is 2. The molecule has 37 heavy (non-hydrogen) atoms. The van der Waals surface area contributed by atoms with Crippen LogP contribution in [-0.4, -0.2) is 114 Å². The summed E-state index contributed by atoms with van der Waals surface area (Å²) in [5, 5.41) is -5.31. The number of anilines is 3. The first-order valence-corrected chi connectivity index (χ1v) is 10.5. The minimum Gasteiger partial charge on any atom is -0.397 e. The predicted octanol–water partition coefficient (Wildman–Crippen LogP) is -1.10. The third kappa shape index (κ3) is 4.07. The Morgan fingerprint density at radius 3 is 1.95 bits per heavy atom. The van der Waals surface area contributed by atoms with Crippen LogP contribution in [0.25, 0.3) is 5.82 Å². The Kier molecular flexibility index (Phi) is 6.56. The fourth-order valence-electron chi connectivity index (χ4n) is 4.04. The third-order valence-electron chi connectivity index (χ3n) is 6.42. The molecule has 1 aliphatic rings. The Hall–Kier alpha value is -2.45. The highest BCUT2D eigenvalue weighted by Crippen LogP contribution is 2.69. The van der Waals surface area contributed by atoms with E-state index in [2.05, 4.69) is 25.4 Å². The highest BCUT2D eigenvalue weighted by atomic mass is 19.3. The van der Waals surface area contributed by atoms with E-state index >= 15 is 0 Å². The van der Waals surface area contributed by atoms with Gasteiger partial charge >= 0.3 is 0 Å². The van der Waals surface area contributed by atoms with Crippen LogP contribution in [0.1, 0.15) is 12.0 Å². The number of hydrogen-bond acceptors (Lipinski definition) is 6. The van der Waals surface area contributed by atoms with Crippen LogP contribution in [0.15, 0.2) is 43.1 Å². The van der Waals surface area contributed by atoms with E-state index in [1.54, 1.807) is 0 Å². The van der Waals surface area contributed by atoms with E-state index in [4.69, 9.17) is 78.5 Å². The van der Waals surface area contributed by atoms with Crippen LogP contribution in [0.2, 0.25) is 15.6 Å². The fraction of sp³-hybridized carbons (Fsp3) is 0.333. The van der Waals surface area contributed by atoms with Crippen LogP contribution in [-0.2, 0) is 0 Å². The van der Waals surface area contributed by atoms with Gasteiger partial charge in [-0.2, -0.15) is 9.67 Å². The number of hydrogen-bond donors (Lipinski definition) is 1. The lowest BCUT2D eigenvalue weighted by molar-refractivity contribution is 0.151. The molecule has 0 bridgehead atoms. The predicted molar refractivity (Wildman–Crippen MR) is 145 cm³/mol. The Bertz CT molecular complexity index is 1270. The summed E-state index contributed by atoms with van der Waals surface area (Å²) in [6.07, 6.45) is 2.76. The normalized spacial score (nSPS) is 20.9. The van der Waals surface area contributed by atoms with Gasteiger partial charge in [0.15, 0.2) is 5.82 Å². The number of piperidine rings is 1. The van der Waals surface area contributed by atoms with Gasteiger partial charge in [0.2, 0.25) is 5.95 Å². The first-order chi connectivity index (χ1) is 16.9. The maximum Gasteiger partial charge on any atom is 0.263 e. The molecule has 2 aromatic heterocycles. The van der Waals surface area contributed by atoms with Gasteiger partial charge in [-0.05, 0) is 28.9 Å². The summed E-state index contributed by atoms with van der Waals surface area (Å²) in [5.41, 5.74) is -0.649. The average Bonchev–Trinajstić information content (AvgIpc) is 3.26. The molecule has 20 radical (unpaired) electrons. The Labute approximate surface area is 226 Å². The zero-order valence-electron chi connectivity index (χ0n) is 19.3. The van der Waals surface area contributed by atoms with E-state index < -0.39 is 38.3 Å². The molecule has 0 unspecified atom stereocenters. The molecule has 0 spiro atoms. The molecule has 0 amide bonds. The average molecular weight is 469 g/mol. The molecule has 3 aromatic rings. The molecule has 1 fully saturated rings. The Morgan fingerprint density at radius 2 is 1.41 bits per heavy atom. The molecule has 0 atom stereocenters. The monoisotopic (exact) mass is 471 g/mol. The summed E-state index contributed by atoms with van der Waals surface area (Å²) in [4.78, 5) is 12.9. The molecule has 160 valence electrons. The van der Waals surface area contributed by atoms with E-state index in [0.29, 0.717) is 5.82 Å². The van der Waals surface area contributed by atoms with Crippen LogP contribution in [0.5, 0.6) is 0 Å². The van der Waals surface area contributed by atoms with Crippen molar-refractivity contribution in [1.29, 1.82) is 0 Å². The highest BCUT2D eigenvalue weighted by molar-refractivity contribution is 6.71. The van der Waals surface area contributed by atoms with Crippen LogP contribution in [0.4, 0.5) is 26.1 Å². The maximum absolute atomic E-state index is 13.9. The van der Waals surface area contributed by atoms with Crippen molar-refractivity contribution in [1.82, 2.24) is 24.7 Å². The van der Waals surface area contributed by atoms with Crippen LogP contribution in [0, 0.1) is 0 Å². The van der Waals surface area contributed by atoms with Gasteiger partial charge in [-0.1, -0.05) is 0 Å². The lowest BCUT2D eigenvalue weighted by atomic mass is 9.05. The van der Waals surface area contributed by atoms with Crippen molar-refractivity contribution in [2.24, 2.45) is 0 Å². The lowest BCUT2D eigenvalue weighted by Crippen LogP contribution is -2.81. The lowest BCUT2D eigenvalue weighted by Gasteiger charge is -2.79. The molecule has 19 heteroatoms. The van der Waals surface area contributed by atoms with E-state index in [-0.39, 0.29) is 17.3 Å². The quantitative estimate of drug-likeness (QED) is 0.479. The van der Waals surface area contributed by atoms with Gasteiger partial charge in [-0.15, -0.1) is 20.7 Å². The zero-order valence-corrected chi connectivity index (χ0v) is 19.3. The third-order valence-corrected chi connectivity index (χ3v) is 6.42. The number of benzene rings is 1. The summed E-state index contributed by atoms with van der Waals surface area (Å²) in [5.74, 6) is 0.379. The fourth-order valence-corrected chi connectivity index (χ4v) is 4.04. The van der Waals surface area contributed by atoms with E-state index in [9.17, 15) is 8.78 Å². The van der Waals surface area contributed by atoms with Gasteiger partial charge < -0.3 is 10.2 Å². The summed E-state index contributed by atoms with van der Waals surface area (Å²) < 4.78 is 29.1. The van der Waals surface area contributed by atoms with E-state index in [1.807, 2.05) is 0 Å². The molecule has 7 nitrogen and oxygen atoms in total. The van der Waals surface area contributed by atoms with Crippen molar-refractivity contribution in [2.75, 3.05) is 10.2 Å². The summed E-state index contributed by atoms with van der Waals surface area (Å²) in [6, 6.07) is 3.41. The Morgan fingerprint density at radius 1 is 0.784 bits per heavy atom. The van der Waals surface area contributed by atoms with Crippen molar-refractivity contribution < 1.29 is 8.78 Å². The van der Waals surface area contributed by atoms with Gasteiger partial charge in [-0.25, -0.2) is 13.8 Å². The van der Waals surface area contributed by atoms with Crippen molar-refractivity contribution in [2.45, 2.75) is 32.7 Å². The number of nitrogens with one attached hydrogen (secondary N) is 1. The first kappa shape index (κ1) is 27.6. The summed E-state index contributed by atoms with van der Waals surface area (Å²) in [6.45, 7) is 0. The van der Waals surface area contributed by atoms with Crippen LogP contribution >= 0.6 is 0 Å². The number of nitrogens with zero attached hydrogens (tertiary/aromatic N) is 6. The Balaban J connectivity index is 1.82. The minimum atomic E-state index is -2.96. The minimum absolute atomic E-state index is 0.0158. The van der Waals surface area contributed by atoms with Gasteiger partial charge in [0, 0.05) is 29.3 Å². The second kappa shape index (κ2) is 8.80. The maximum atomic E-state index is 13.9. The molecule has 1 aromatic carbocycles. The van der Waals surface area contributed by atoms with E-state index in [1.165, 1.54) is 35.7 Å². The van der Waals surface area contributed by atoms with Gasteiger partial charge in [0.25, 0.3) is 6.43 Å². The molecule has 1 N–H and O–H groups in total. The zero-order chi connectivity index (χ0) is 27.6. The second-order valence-corrected chi connectivity index (χ2v) is 8.91. The largest absolute Gasteiger partial charge is 0.397 e.